The zero-order valence-electron chi connectivity index (χ0n) is 7.70. The number of nitrogens with zero attached hydrogens (tertiary/aromatic N) is 1. The predicted octanol–water partition coefficient (Wildman–Crippen LogP) is 0.602. The average molecular weight is 219 g/mol. The van der Waals surface area contributed by atoms with Gasteiger partial charge < -0.3 is 10.1 Å². The SMILES string of the molecule is ClC1=c2ccccc2=C2OC=NC=C2N1. The summed E-state index contributed by atoms with van der Waals surface area (Å²) in [6.07, 6.45) is 3.10. The predicted molar refractivity (Wildman–Crippen MR) is 59.2 cm³/mol. The monoisotopic (exact) mass is 218 g/mol. The normalized spacial score (nSPS) is 17.3. The Labute approximate surface area is 91.0 Å². The van der Waals surface area contributed by atoms with E-state index in [2.05, 4.69) is 10.3 Å². The van der Waals surface area contributed by atoms with E-state index >= 15 is 0 Å². The zero-order valence-corrected chi connectivity index (χ0v) is 8.45. The molecular formula is C11H7ClN2O. The largest absolute Gasteiger partial charge is 0.443 e. The fourth-order valence-electron chi connectivity index (χ4n) is 1.67. The first-order valence-electron chi connectivity index (χ1n) is 4.51. The molecule has 3 rings (SSSR count). The summed E-state index contributed by atoms with van der Waals surface area (Å²) in [4.78, 5) is 3.90. The average Bonchev–Trinajstić information content (AvgIpc) is 2.30. The number of rotatable bonds is 0. The van der Waals surface area contributed by atoms with Crippen LogP contribution in [0.3, 0.4) is 0 Å². The highest BCUT2D eigenvalue weighted by molar-refractivity contribution is 6.45. The number of hydrogen-bond donors (Lipinski definition) is 1. The molecular weight excluding hydrogens is 212 g/mol. The van der Waals surface area contributed by atoms with Crippen molar-refractivity contribution in [3.05, 3.63) is 46.6 Å². The maximum absolute atomic E-state index is 6.11. The van der Waals surface area contributed by atoms with E-state index in [4.69, 9.17) is 16.3 Å². The lowest BCUT2D eigenvalue weighted by Crippen LogP contribution is -2.38. The van der Waals surface area contributed by atoms with E-state index in [-0.39, 0.29) is 0 Å². The molecule has 1 aromatic carbocycles. The molecule has 0 radical (unpaired) electrons. The molecule has 1 aromatic rings. The second kappa shape index (κ2) is 3.14. The Morgan fingerprint density at radius 2 is 2.00 bits per heavy atom. The topological polar surface area (TPSA) is 33.6 Å². The van der Waals surface area contributed by atoms with Gasteiger partial charge in [0.05, 0.1) is 6.20 Å². The van der Waals surface area contributed by atoms with Crippen LogP contribution in [-0.4, -0.2) is 6.40 Å². The second-order valence-corrected chi connectivity index (χ2v) is 3.61. The molecule has 0 fully saturated rings. The van der Waals surface area contributed by atoms with E-state index in [0.717, 1.165) is 21.9 Å². The van der Waals surface area contributed by atoms with E-state index < -0.39 is 0 Å². The molecule has 0 saturated heterocycles. The molecule has 3 nitrogen and oxygen atoms in total. The summed E-state index contributed by atoms with van der Waals surface area (Å²) in [5, 5.41) is 5.57. The van der Waals surface area contributed by atoms with Crippen LogP contribution in [0.4, 0.5) is 0 Å². The van der Waals surface area contributed by atoms with Crippen molar-refractivity contribution in [3.8, 4) is 0 Å². The minimum absolute atomic E-state index is 0.598. The molecule has 0 bridgehead atoms. The van der Waals surface area contributed by atoms with Gasteiger partial charge in [-0.15, -0.1) is 0 Å². The van der Waals surface area contributed by atoms with E-state index in [1.54, 1.807) is 6.20 Å². The maximum Gasteiger partial charge on any atom is 0.181 e. The summed E-state index contributed by atoms with van der Waals surface area (Å²) in [6, 6.07) is 7.81. The fourth-order valence-corrected chi connectivity index (χ4v) is 1.93. The van der Waals surface area contributed by atoms with Gasteiger partial charge in [0.15, 0.2) is 12.2 Å². The number of fused-ring (bicyclic) bond motifs is 2. The highest BCUT2D eigenvalue weighted by Crippen LogP contribution is 2.16. The van der Waals surface area contributed by atoms with Gasteiger partial charge in [-0.2, -0.15) is 0 Å². The number of nitrogens with one attached hydrogen (secondary N) is 1. The highest BCUT2D eigenvalue weighted by Gasteiger charge is 2.16. The van der Waals surface area contributed by atoms with Crippen LogP contribution in [0, 0.1) is 0 Å². The molecule has 0 atom stereocenters. The lowest BCUT2D eigenvalue weighted by atomic mass is 10.1. The molecule has 0 saturated carbocycles. The number of aliphatic imine (C=N–C) groups is 1. The molecule has 4 heteroatoms. The van der Waals surface area contributed by atoms with Crippen molar-refractivity contribution in [2.75, 3.05) is 0 Å². The smallest absolute Gasteiger partial charge is 0.181 e. The molecule has 0 amide bonds. The lowest BCUT2D eigenvalue weighted by molar-refractivity contribution is 0.510. The zero-order chi connectivity index (χ0) is 10.3. The Hall–Kier alpha value is -1.74. The Kier molecular flexibility index (Phi) is 1.79. The van der Waals surface area contributed by atoms with E-state index in [1.807, 2.05) is 24.3 Å². The number of halogens is 1. The molecule has 15 heavy (non-hydrogen) atoms. The minimum Gasteiger partial charge on any atom is -0.443 e. The van der Waals surface area contributed by atoms with Crippen LogP contribution in [0.2, 0.25) is 0 Å². The van der Waals surface area contributed by atoms with E-state index in [9.17, 15) is 0 Å². The van der Waals surface area contributed by atoms with Gasteiger partial charge in [-0.05, 0) is 0 Å². The molecule has 2 heterocycles. The van der Waals surface area contributed by atoms with Crippen LogP contribution in [0.1, 0.15) is 0 Å². The van der Waals surface area contributed by atoms with Crippen LogP contribution in [0.15, 0.2) is 41.2 Å². The minimum atomic E-state index is 0.598. The third-order valence-electron chi connectivity index (χ3n) is 2.33. The van der Waals surface area contributed by atoms with Gasteiger partial charge in [0, 0.05) is 10.4 Å². The summed E-state index contributed by atoms with van der Waals surface area (Å²) < 4.78 is 5.38. The molecule has 2 aliphatic heterocycles. The summed E-state index contributed by atoms with van der Waals surface area (Å²) in [5.74, 6) is 0.769. The first-order valence-corrected chi connectivity index (χ1v) is 4.89. The van der Waals surface area contributed by atoms with Crippen LogP contribution >= 0.6 is 11.6 Å². The van der Waals surface area contributed by atoms with Crippen molar-refractivity contribution in [2.45, 2.75) is 0 Å². The van der Waals surface area contributed by atoms with Crippen molar-refractivity contribution >= 4 is 28.9 Å². The number of benzene rings is 1. The molecule has 2 aliphatic rings. The molecule has 1 N–H and O–H groups in total. The first kappa shape index (κ1) is 8.56. The van der Waals surface area contributed by atoms with Gasteiger partial charge in [0.2, 0.25) is 0 Å². The van der Waals surface area contributed by atoms with E-state index in [1.165, 1.54) is 6.40 Å². The lowest BCUT2D eigenvalue weighted by Gasteiger charge is -2.18. The van der Waals surface area contributed by atoms with Crippen LogP contribution < -0.4 is 15.8 Å². The third-order valence-corrected chi connectivity index (χ3v) is 2.63. The molecule has 0 aliphatic carbocycles. The number of ether oxygens (including phenoxy) is 1. The van der Waals surface area contributed by atoms with Crippen LogP contribution in [-0.2, 0) is 4.74 Å². The van der Waals surface area contributed by atoms with Crippen LogP contribution in [0.5, 0.6) is 0 Å². The van der Waals surface area contributed by atoms with Gasteiger partial charge in [0.1, 0.15) is 10.9 Å². The fraction of sp³-hybridized carbons (Fsp3) is 0. The van der Waals surface area contributed by atoms with Crippen molar-refractivity contribution in [3.63, 3.8) is 0 Å². The van der Waals surface area contributed by atoms with Gasteiger partial charge >= 0.3 is 0 Å². The van der Waals surface area contributed by atoms with Crippen molar-refractivity contribution in [1.29, 1.82) is 0 Å². The van der Waals surface area contributed by atoms with Gasteiger partial charge in [-0.25, -0.2) is 4.99 Å². The standard InChI is InChI=1S/C11H7ClN2O/c12-11-8-4-2-1-3-7(8)10-9(14-11)5-13-6-15-10/h1-6,14H. The summed E-state index contributed by atoms with van der Waals surface area (Å²) in [7, 11) is 0. The quantitative estimate of drug-likeness (QED) is 0.648. The van der Waals surface area contributed by atoms with Crippen molar-refractivity contribution < 1.29 is 4.74 Å². The molecule has 74 valence electrons. The highest BCUT2D eigenvalue weighted by atomic mass is 35.5. The van der Waals surface area contributed by atoms with E-state index in [0.29, 0.717) is 5.16 Å². The number of hydrogen-bond acceptors (Lipinski definition) is 3. The Morgan fingerprint density at radius 1 is 1.20 bits per heavy atom. The summed E-state index contributed by atoms with van der Waals surface area (Å²) >= 11 is 6.11. The Bertz CT molecular complexity index is 601. The third kappa shape index (κ3) is 1.24. The van der Waals surface area contributed by atoms with Gasteiger partial charge in [-0.1, -0.05) is 35.9 Å². The molecule has 0 unspecified atom stereocenters. The Morgan fingerprint density at radius 3 is 2.87 bits per heavy atom. The van der Waals surface area contributed by atoms with Crippen molar-refractivity contribution in [1.82, 2.24) is 5.32 Å². The van der Waals surface area contributed by atoms with Gasteiger partial charge in [0.25, 0.3) is 0 Å². The maximum atomic E-state index is 6.11. The van der Waals surface area contributed by atoms with Gasteiger partial charge in [-0.3, -0.25) is 0 Å². The van der Waals surface area contributed by atoms with Crippen LogP contribution in [0.25, 0.3) is 10.9 Å². The second-order valence-electron chi connectivity index (χ2n) is 3.23. The Balaban J connectivity index is 2.46. The van der Waals surface area contributed by atoms with Crippen molar-refractivity contribution in [2.24, 2.45) is 4.99 Å². The summed E-state index contributed by atoms with van der Waals surface area (Å²) in [5.41, 5.74) is 0.793. The molecule has 0 spiro atoms. The summed E-state index contributed by atoms with van der Waals surface area (Å²) in [6.45, 7) is 0. The molecule has 0 aromatic heterocycles. The first-order chi connectivity index (χ1) is 7.36.